The largest absolute Gasteiger partial charge is 0.383 e. The second-order valence-corrected chi connectivity index (χ2v) is 4.44. The average Bonchev–Trinajstić information content (AvgIpc) is 2.35. The van der Waals surface area contributed by atoms with E-state index in [9.17, 15) is 0 Å². The van der Waals surface area contributed by atoms with Crippen LogP contribution in [0, 0.1) is 13.8 Å². The van der Waals surface area contributed by atoms with Crippen molar-refractivity contribution >= 4 is 5.82 Å². The Hall–Kier alpha value is -1.97. The van der Waals surface area contributed by atoms with Crippen molar-refractivity contribution < 1.29 is 0 Å². The Kier molecular flexibility index (Phi) is 3.55. The van der Waals surface area contributed by atoms with Gasteiger partial charge in [0.25, 0.3) is 0 Å². The lowest BCUT2D eigenvalue weighted by Crippen LogP contribution is -2.05. The molecule has 2 rings (SSSR count). The third-order valence-electron chi connectivity index (χ3n) is 3.00. The Morgan fingerprint density at radius 1 is 1.22 bits per heavy atom. The fourth-order valence-corrected chi connectivity index (χ4v) is 1.89. The number of hydrogen-bond acceptors (Lipinski definition) is 4. The lowest BCUT2D eigenvalue weighted by Gasteiger charge is -2.11. The molecule has 2 N–H and O–H groups in total. The van der Waals surface area contributed by atoms with E-state index in [1.165, 1.54) is 0 Å². The first-order valence-corrected chi connectivity index (χ1v) is 6.17. The lowest BCUT2D eigenvalue weighted by atomic mass is 10.0. The predicted octanol–water partition coefficient (Wildman–Crippen LogP) is 2.69. The van der Waals surface area contributed by atoms with Crippen LogP contribution in [-0.2, 0) is 6.42 Å². The Bertz CT molecular complexity index is 564. The van der Waals surface area contributed by atoms with Crippen LogP contribution in [0.15, 0.2) is 18.5 Å². The van der Waals surface area contributed by atoms with Crippen LogP contribution in [0.4, 0.5) is 5.82 Å². The summed E-state index contributed by atoms with van der Waals surface area (Å²) in [6.45, 7) is 6.11. The molecule has 0 aliphatic rings. The van der Waals surface area contributed by atoms with Gasteiger partial charge in [-0.15, -0.1) is 0 Å². The van der Waals surface area contributed by atoms with Crippen molar-refractivity contribution in [1.29, 1.82) is 0 Å². The highest BCUT2D eigenvalue weighted by Crippen LogP contribution is 2.26. The summed E-state index contributed by atoms with van der Waals surface area (Å²) in [4.78, 5) is 13.1. The third-order valence-corrected chi connectivity index (χ3v) is 3.00. The number of nitrogens with two attached hydrogens (primary N) is 1. The van der Waals surface area contributed by atoms with Crippen LogP contribution in [0.3, 0.4) is 0 Å². The number of anilines is 1. The number of aromatic nitrogens is 3. The van der Waals surface area contributed by atoms with Crippen molar-refractivity contribution in [3.63, 3.8) is 0 Å². The first kappa shape index (κ1) is 12.5. The van der Waals surface area contributed by atoms with Crippen molar-refractivity contribution in [2.75, 3.05) is 5.73 Å². The number of nitrogens with zero attached hydrogens (tertiary/aromatic N) is 3. The molecule has 0 radical (unpaired) electrons. The van der Waals surface area contributed by atoms with Crippen LogP contribution in [0.2, 0.25) is 0 Å². The summed E-state index contributed by atoms with van der Waals surface area (Å²) < 4.78 is 0. The van der Waals surface area contributed by atoms with Crippen molar-refractivity contribution in [3.8, 4) is 11.3 Å². The lowest BCUT2D eigenvalue weighted by molar-refractivity contribution is 0.836. The quantitative estimate of drug-likeness (QED) is 0.898. The van der Waals surface area contributed by atoms with Gasteiger partial charge in [-0.3, -0.25) is 4.98 Å². The third kappa shape index (κ3) is 2.32. The highest BCUT2D eigenvalue weighted by Gasteiger charge is 2.12. The van der Waals surface area contributed by atoms with Gasteiger partial charge in [0.15, 0.2) is 0 Å². The van der Waals surface area contributed by atoms with Crippen LogP contribution in [0.1, 0.15) is 30.3 Å². The maximum Gasteiger partial charge on any atom is 0.131 e. The number of hydrogen-bond donors (Lipinski definition) is 1. The van der Waals surface area contributed by atoms with E-state index in [0.29, 0.717) is 5.82 Å². The van der Waals surface area contributed by atoms with Gasteiger partial charge in [-0.05, 0) is 31.9 Å². The second-order valence-electron chi connectivity index (χ2n) is 4.44. The molecule has 0 saturated carbocycles. The second kappa shape index (κ2) is 5.12. The predicted molar refractivity (Wildman–Crippen MR) is 73.1 cm³/mol. The average molecular weight is 242 g/mol. The van der Waals surface area contributed by atoms with Gasteiger partial charge in [0, 0.05) is 29.9 Å². The van der Waals surface area contributed by atoms with Crippen molar-refractivity contribution in [1.82, 2.24) is 15.0 Å². The van der Waals surface area contributed by atoms with Crippen LogP contribution in [0.25, 0.3) is 11.3 Å². The molecule has 0 unspecified atom stereocenters. The monoisotopic (exact) mass is 242 g/mol. The van der Waals surface area contributed by atoms with Crippen molar-refractivity contribution in [2.24, 2.45) is 0 Å². The molecule has 2 heterocycles. The zero-order valence-corrected chi connectivity index (χ0v) is 11.1. The topological polar surface area (TPSA) is 64.7 Å². The zero-order chi connectivity index (χ0) is 13.1. The first-order valence-electron chi connectivity index (χ1n) is 6.17. The summed E-state index contributed by atoms with van der Waals surface area (Å²) in [7, 11) is 0. The molecule has 0 bridgehead atoms. The molecule has 0 aliphatic heterocycles. The standard InChI is InChI=1S/C14H18N4/c1-4-5-12-17-13(10(3)14(15)18-12)11-8-16-7-6-9(11)2/h6-8H,4-5H2,1-3H3,(H2,15,17,18). The summed E-state index contributed by atoms with van der Waals surface area (Å²) in [6, 6.07) is 1.98. The van der Waals surface area contributed by atoms with Gasteiger partial charge < -0.3 is 5.73 Å². The van der Waals surface area contributed by atoms with Crippen molar-refractivity contribution in [2.45, 2.75) is 33.6 Å². The van der Waals surface area contributed by atoms with Gasteiger partial charge in [0.05, 0.1) is 5.69 Å². The zero-order valence-electron chi connectivity index (χ0n) is 11.1. The normalized spacial score (nSPS) is 10.6. The SMILES string of the molecule is CCCc1nc(N)c(C)c(-c2cnccc2C)n1. The summed E-state index contributed by atoms with van der Waals surface area (Å²) in [5.74, 6) is 1.37. The highest BCUT2D eigenvalue weighted by atomic mass is 15.0. The minimum absolute atomic E-state index is 0.562. The summed E-state index contributed by atoms with van der Waals surface area (Å²) in [6.07, 6.45) is 5.47. The molecule has 0 saturated heterocycles. The molecule has 4 heteroatoms. The number of aryl methyl sites for hydroxylation is 2. The van der Waals surface area contributed by atoms with E-state index < -0.39 is 0 Å². The van der Waals surface area contributed by atoms with E-state index in [2.05, 4.69) is 21.9 Å². The van der Waals surface area contributed by atoms with Crippen LogP contribution < -0.4 is 5.73 Å². The van der Waals surface area contributed by atoms with E-state index in [4.69, 9.17) is 5.73 Å². The van der Waals surface area contributed by atoms with E-state index in [0.717, 1.165) is 41.1 Å². The van der Waals surface area contributed by atoms with Gasteiger partial charge in [0.1, 0.15) is 11.6 Å². The Morgan fingerprint density at radius 2 is 2.00 bits per heavy atom. The number of pyridine rings is 1. The molecule has 2 aromatic rings. The molecule has 0 aromatic carbocycles. The molecule has 0 amide bonds. The summed E-state index contributed by atoms with van der Waals surface area (Å²) in [5, 5.41) is 0. The minimum atomic E-state index is 0.562. The van der Waals surface area contributed by atoms with E-state index in [1.807, 2.05) is 26.1 Å². The molecule has 0 spiro atoms. The molecule has 18 heavy (non-hydrogen) atoms. The highest BCUT2D eigenvalue weighted by molar-refractivity contribution is 5.69. The Labute approximate surface area is 107 Å². The fraction of sp³-hybridized carbons (Fsp3) is 0.357. The van der Waals surface area contributed by atoms with E-state index in [-0.39, 0.29) is 0 Å². The molecular weight excluding hydrogens is 224 g/mol. The summed E-state index contributed by atoms with van der Waals surface area (Å²) >= 11 is 0. The van der Waals surface area contributed by atoms with Crippen LogP contribution in [-0.4, -0.2) is 15.0 Å². The smallest absolute Gasteiger partial charge is 0.131 e. The molecule has 4 nitrogen and oxygen atoms in total. The maximum atomic E-state index is 5.97. The Balaban J connectivity index is 2.59. The molecule has 2 aromatic heterocycles. The molecule has 0 aliphatic carbocycles. The van der Waals surface area contributed by atoms with Gasteiger partial charge in [0.2, 0.25) is 0 Å². The molecular formula is C14H18N4. The maximum absolute atomic E-state index is 5.97. The summed E-state index contributed by atoms with van der Waals surface area (Å²) in [5.41, 5.74) is 9.97. The molecule has 94 valence electrons. The van der Waals surface area contributed by atoms with Crippen LogP contribution in [0.5, 0.6) is 0 Å². The molecule has 0 fully saturated rings. The van der Waals surface area contributed by atoms with Gasteiger partial charge >= 0.3 is 0 Å². The van der Waals surface area contributed by atoms with Gasteiger partial charge in [-0.2, -0.15) is 0 Å². The van der Waals surface area contributed by atoms with Gasteiger partial charge in [-0.25, -0.2) is 9.97 Å². The fourth-order valence-electron chi connectivity index (χ4n) is 1.89. The van der Waals surface area contributed by atoms with E-state index >= 15 is 0 Å². The van der Waals surface area contributed by atoms with Gasteiger partial charge in [-0.1, -0.05) is 6.92 Å². The van der Waals surface area contributed by atoms with Crippen molar-refractivity contribution in [3.05, 3.63) is 35.4 Å². The number of rotatable bonds is 3. The Morgan fingerprint density at radius 3 is 2.67 bits per heavy atom. The van der Waals surface area contributed by atoms with Crippen LogP contribution >= 0.6 is 0 Å². The molecule has 0 atom stereocenters. The number of nitrogen functional groups attached to an aromatic ring is 1. The first-order chi connectivity index (χ1) is 8.63. The van der Waals surface area contributed by atoms with E-state index in [1.54, 1.807) is 6.20 Å². The minimum Gasteiger partial charge on any atom is -0.383 e.